The number of rotatable bonds is 5. The third-order valence-corrected chi connectivity index (χ3v) is 4.93. The first-order valence-electron chi connectivity index (χ1n) is 9.82. The second kappa shape index (κ2) is 9.06. The SMILES string of the molecule is CC(=O)Nc1ccc(NC(=O)c2cc(-c3ccco3)n(-c3ccc(Cl)cc3)n2)c(C(F)(F)F)c1. The summed E-state index contributed by atoms with van der Waals surface area (Å²) >= 11 is 5.95. The Morgan fingerprint density at radius 1 is 1.03 bits per heavy atom. The molecule has 0 aliphatic rings. The number of nitrogens with one attached hydrogen (secondary N) is 2. The van der Waals surface area contributed by atoms with Crippen LogP contribution in [0.2, 0.25) is 5.02 Å². The molecule has 4 aromatic rings. The van der Waals surface area contributed by atoms with Crippen LogP contribution in [0, 0.1) is 0 Å². The summed E-state index contributed by atoms with van der Waals surface area (Å²) in [7, 11) is 0. The van der Waals surface area contributed by atoms with Crippen molar-refractivity contribution in [3.05, 3.63) is 83.2 Å². The number of furan rings is 1. The number of amides is 2. The number of hydrogen-bond acceptors (Lipinski definition) is 4. The number of carbonyl (C=O) groups excluding carboxylic acids is 2. The Balaban J connectivity index is 1.71. The maximum Gasteiger partial charge on any atom is 0.418 e. The molecule has 7 nitrogen and oxygen atoms in total. The van der Waals surface area contributed by atoms with Gasteiger partial charge >= 0.3 is 6.18 Å². The highest BCUT2D eigenvalue weighted by Gasteiger charge is 2.34. The molecule has 0 atom stereocenters. The maximum atomic E-state index is 13.6. The van der Waals surface area contributed by atoms with Crippen LogP contribution in [0.3, 0.4) is 0 Å². The quantitative estimate of drug-likeness (QED) is 0.360. The Bertz CT molecular complexity index is 1350. The second-order valence-electron chi connectivity index (χ2n) is 7.17. The Labute approximate surface area is 196 Å². The lowest BCUT2D eigenvalue weighted by molar-refractivity contribution is -0.137. The molecule has 0 fully saturated rings. The zero-order valence-electron chi connectivity index (χ0n) is 17.5. The average Bonchev–Trinajstić information content (AvgIpc) is 3.44. The van der Waals surface area contributed by atoms with Crippen molar-refractivity contribution in [2.24, 2.45) is 0 Å². The van der Waals surface area contributed by atoms with Crippen LogP contribution < -0.4 is 10.6 Å². The number of nitrogens with zero attached hydrogens (tertiary/aromatic N) is 2. The van der Waals surface area contributed by atoms with Gasteiger partial charge in [0, 0.05) is 23.7 Å². The fraction of sp³-hybridized carbons (Fsp3) is 0.0870. The van der Waals surface area contributed by atoms with Gasteiger partial charge in [0.15, 0.2) is 11.5 Å². The monoisotopic (exact) mass is 488 g/mol. The van der Waals surface area contributed by atoms with Gasteiger partial charge in [-0.05, 0) is 54.6 Å². The summed E-state index contributed by atoms with van der Waals surface area (Å²) in [5.41, 5.74) is -0.812. The molecule has 2 heterocycles. The van der Waals surface area contributed by atoms with Crippen molar-refractivity contribution in [1.82, 2.24) is 9.78 Å². The molecule has 0 bridgehead atoms. The first-order valence-corrected chi connectivity index (χ1v) is 10.2. The van der Waals surface area contributed by atoms with E-state index in [0.29, 0.717) is 22.2 Å². The first kappa shape index (κ1) is 23.1. The summed E-state index contributed by atoms with van der Waals surface area (Å²) in [4.78, 5) is 24.1. The van der Waals surface area contributed by atoms with Crippen molar-refractivity contribution in [1.29, 1.82) is 0 Å². The van der Waals surface area contributed by atoms with Crippen molar-refractivity contribution in [2.75, 3.05) is 10.6 Å². The molecule has 2 N–H and O–H groups in total. The smallest absolute Gasteiger partial charge is 0.418 e. The average molecular weight is 489 g/mol. The minimum absolute atomic E-state index is 0.0510. The van der Waals surface area contributed by atoms with Gasteiger partial charge < -0.3 is 15.1 Å². The summed E-state index contributed by atoms with van der Waals surface area (Å²) in [6.45, 7) is 1.18. The summed E-state index contributed by atoms with van der Waals surface area (Å²) < 4.78 is 47.7. The number of halogens is 4. The van der Waals surface area contributed by atoms with E-state index in [2.05, 4.69) is 15.7 Å². The maximum absolute atomic E-state index is 13.6. The van der Waals surface area contributed by atoms with Gasteiger partial charge in [0.1, 0.15) is 5.69 Å². The summed E-state index contributed by atoms with van der Waals surface area (Å²) in [6.07, 6.45) is -3.33. The molecule has 0 radical (unpaired) electrons. The van der Waals surface area contributed by atoms with Gasteiger partial charge in [0.05, 0.1) is 23.2 Å². The van der Waals surface area contributed by atoms with Gasteiger partial charge in [-0.1, -0.05) is 11.6 Å². The zero-order chi connectivity index (χ0) is 24.5. The fourth-order valence-electron chi connectivity index (χ4n) is 3.23. The number of alkyl halides is 3. The molecule has 11 heteroatoms. The molecule has 0 aliphatic carbocycles. The van der Waals surface area contributed by atoms with Crippen LogP contribution in [-0.2, 0) is 11.0 Å². The Kier molecular flexibility index (Phi) is 6.16. The Morgan fingerprint density at radius 2 is 1.76 bits per heavy atom. The Hall–Kier alpha value is -4.05. The number of anilines is 2. The second-order valence-corrected chi connectivity index (χ2v) is 7.61. The zero-order valence-corrected chi connectivity index (χ0v) is 18.2. The minimum Gasteiger partial charge on any atom is -0.463 e. The number of hydrogen-bond donors (Lipinski definition) is 2. The van der Waals surface area contributed by atoms with E-state index >= 15 is 0 Å². The summed E-state index contributed by atoms with van der Waals surface area (Å²) in [6, 6.07) is 14.4. The van der Waals surface area contributed by atoms with Crippen LogP contribution in [0.4, 0.5) is 24.5 Å². The molecule has 0 saturated heterocycles. The lowest BCUT2D eigenvalue weighted by atomic mass is 10.1. The van der Waals surface area contributed by atoms with Crippen LogP contribution in [0.1, 0.15) is 23.0 Å². The van der Waals surface area contributed by atoms with Crippen LogP contribution in [0.5, 0.6) is 0 Å². The standard InChI is InChI=1S/C23H16ClF3N4O3/c1-13(32)28-15-6-9-18(17(11-15)23(25,26)27)29-22(33)19-12-20(21-3-2-10-34-21)31(30-19)16-7-4-14(24)5-8-16/h2-12H,1H3,(H,28,32)(H,29,33). The third kappa shape index (κ3) is 4.96. The van der Waals surface area contributed by atoms with Crippen LogP contribution in [0.15, 0.2) is 71.3 Å². The van der Waals surface area contributed by atoms with Crippen molar-refractivity contribution in [2.45, 2.75) is 13.1 Å². The van der Waals surface area contributed by atoms with Crippen molar-refractivity contribution >= 4 is 34.8 Å². The van der Waals surface area contributed by atoms with Crippen LogP contribution in [0.25, 0.3) is 17.1 Å². The van der Waals surface area contributed by atoms with Crippen LogP contribution >= 0.6 is 11.6 Å². The van der Waals surface area contributed by atoms with Crippen LogP contribution in [-0.4, -0.2) is 21.6 Å². The van der Waals surface area contributed by atoms with E-state index < -0.39 is 29.2 Å². The van der Waals surface area contributed by atoms with Crippen molar-refractivity contribution < 1.29 is 27.2 Å². The predicted octanol–water partition coefficient (Wildman–Crippen LogP) is 6.02. The van der Waals surface area contributed by atoms with Gasteiger partial charge in [0.2, 0.25) is 5.91 Å². The van der Waals surface area contributed by atoms with Gasteiger partial charge in [-0.3, -0.25) is 9.59 Å². The van der Waals surface area contributed by atoms with Crippen molar-refractivity contribution in [3.8, 4) is 17.1 Å². The number of benzene rings is 2. The van der Waals surface area contributed by atoms with E-state index in [0.717, 1.165) is 12.1 Å². The minimum atomic E-state index is -4.78. The largest absolute Gasteiger partial charge is 0.463 e. The molecule has 2 aromatic carbocycles. The molecule has 174 valence electrons. The molecule has 0 aliphatic heterocycles. The molecule has 2 amide bonds. The summed E-state index contributed by atoms with van der Waals surface area (Å²) in [5, 5.41) is 9.32. The molecule has 4 rings (SSSR count). The lowest BCUT2D eigenvalue weighted by Crippen LogP contribution is -2.18. The Morgan fingerprint density at radius 3 is 2.38 bits per heavy atom. The molecule has 34 heavy (non-hydrogen) atoms. The van der Waals surface area contributed by atoms with E-state index in [4.69, 9.17) is 16.0 Å². The van der Waals surface area contributed by atoms with E-state index in [1.165, 1.54) is 30.0 Å². The van der Waals surface area contributed by atoms with E-state index in [-0.39, 0.29) is 11.4 Å². The van der Waals surface area contributed by atoms with E-state index in [9.17, 15) is 22.8 Å². The number of carbonyl (C=O) groups is 2. The van der Waals surface area contributed by atoms with Gasteiger partial charge in [-0.25, -0.2) is 4.68 Å². The normalized spacial score (nSPS) is 11.3. The van der Waals surface area contributed by atoms with E-state index in [1.54, 1.807) is 36.4 Å². The molecule has 0 saturated carbocycles. The molecule has 0 spiro atoms. The highest BCUT2D eigenvalue weighted by atomic mass is 35.5. The highest BCUT2D eigenvalue weighted by Crippen LogP contribution is 2.37. The lowest BCUT2D eigenvalue weighted by Gasteiger charge is -2.15. The molecular weight excluding hydrogens is 473 g/mol. The van der Waals surface area contributed by atoms with Gasteiger partial charge in [-0.2, -0.15) is 18.3 Å². The molecular formula is C23H16ClF3N4O3. The van der Waals surface area contributed by atoms with E-state index in [1.807, 2.05) is 0 Å². The number of aromatic nitrogens is 2. The van der Waals surface area contributed by atoms with Gasteiger partial charge in [0.25, 0.3) is 5.91 Å². The fourth-order valence-corrected chi connectivity index (χ4v) is 3.35. The third-order valence-electron chi connectivity index (χ3n) is 4.68. The first-order chi connectivity index (χ1) is 16.1. The highest BCUT2D eigenvalue weighted by molar-refractivity contribution is 6.30. The van der Waals surface area contributed by atoms with Gasteiger partial charge in [-0.15, -0.1) is 0 Å². The predicted molar refractivity (Wildman–Crippen MR) is 120 cm³/mol. The molecule has 0 unspecified atom stereocenters. The van der Waals surface area contributed by atoms with Crippen molar-refractivity contribution in [3.63, 3.8) is 0 Å². The summed E-state index contributed by atoms with van der Waals surface area (Å²) in [5.74, 6) is -0.987. The molecule has 2 aromatic heterocycles. The topological polar surface area (TPSA) is 89.2 Å².